The Kier molecular flexibility index (Phi) is 10.4. The lowest BCUT2D eigenvalue weighted by atomic mass is 9.97. The van der Waals surface area contributed by atoms with E-state index in [-0.39, 0.29) is 12.6 Å². The molecule has 0 aromatic carbocycles. The van der Waals surface area contributed by atoms with E-state index in [0.717, 1.165) is 25.7 Å². The third kappa shape index (κ3) is 11.0. The van der Waals surface area contributed by atoms with Crippen LogP contribution in [-0.4, -0.2) is 24.3 Å². The van der Waals surface area contributed by atoms with E-state index in [1.165, 1.54) is 12.8 Å². The highest BCUT2D eigenvalue weighted by Crippen LogP contribution is 2.15. The van der Waals surface area contributed by atoms with Gasteiger partial charge >= 0.3 is 5.97 Å². The highest BCUT2D eigenvalue weighted by atomic mass is 16.5. The van der Waals surface area contributed by atoms with Gasteiger partial charge in [-0.25, -0.2) is 0 Å². The molecule has 118 valence electrons. The van der Waals surface area contributed by atoms with Crippen molar-refractivity contribution in [2.75, 3.05) is 13.2 Å². The van der Waals surface area contributed by atoms with Crippen molar-refractivity contribution in [3.63, 3.8) is 0 Å². The van der Waals surface area contributed by atoms with Gasteiger partial charge in [-0.2, -0.15) is 0 Å². The highest BCUT2D eigenvalue weighted by Gasteiger charge is 2.22. The van der Waals surface area contributed by atoms with Crippen LogP contribution in [0.3, 0.4) is 0 Å². The Morgan fingerprint density at radius 2 is 1.80 bits per heavy atom. The lowest BCUT2D eigenvalue weighted by Crippen LogP contribution is -2.23. The molecule has 0 unspecified atom stereocenters. The van der Waals surface area contributed by atoms with E-state index in [9.17, 15) is 4.79 Å². The molecule has 1 atom stereocenters. The summed E-state index contributed by atoms with van der Waals surface area (Å²) in [6.45, 7) is 8.47. The summed E-state index contributed by atoms with van der Waals surface area (Å²) < 4.78 is 5.21. The maximum Gasteiger partial charge on any atom is 0.311 e. The fourth-order valence-corrected chi connectivity index (χ4v) is 1.62. The van der Waals surface area contributed by atoms with Crippen LogP contribution in [0.4, 0.5) is 0 Å². The Morgan fingerprint density at radius 3 is 2.40 bits per heavy atom. The molecule has 20 heavy (non-hydrogen) atoms. The number of aliphatic hydroxyl groups excluding tert-OH is 1. The zero-order chi connectivity index (χ0) is 15.4. The second-order valence-corrected chi connectivity index (χ2v) is 6.58. The summed E-state index contributed by atoms with van der Waals surface area (Å²) in [7, 11) is 0. The zero-order valence-corrected chi connectivity index (χ0v) is 13.7. The lowest BCUT2D eigenvalue weighted by Gasteiger charge is -2.16. The van der Waals surface area contributed by atoms with E-state index in [4.69, 9.17) is 9.84 Å². The topological polar surface area (TPSA) is 46.5 Å². The van der Waals surface area contributed by atoms with Gasteiger partial charge in [0.05, 0.1) is 12.0 Å². The first-order valence-electron chi connectivity index (χ1n) is 7.81. The van der Waals surface area contributed by atoms with E-state index in [1.54, 1.807) is 0 Å². The second kappa shape index (κ2) is 10.9. The average molecular weight is 284 g/mol. The third-order valence-electron chi connectivity index (χ3n) is 3.13. The maximum absolute atomic E-state index is 11.5. The van der Waals surface area contributed by atoms with Crippen LogP contribution >= 0.6 is 0 Å². The molecule has 0 aliphatic rings. The molecule has 1 N–H and O–H groups in total. The molecule has 3 nitrogen and oxygen atoms in total. The minimum absolute atomic E-state index is 0.113. The highest BCUT2D eigenvalue weighted by molar-refractivity contribution is 5.75. The van der Waals surface area contributed by atoms with Gasteiger partial charge in [0, 0.05) is 6.61 Å². The van der Waals surface area contributed by atoms with E-state index in [1.807, 2.05) is 27.7 Å². The average Bonchev–Trinajstić information content (AvgIpc) is 2.39. The van der Waals surface area contributed by atoms with Crippen molar-refractivity contribution in [2.24, 2.45) is 11.3 Å². The fourth-order valence-electron chi connectivity index (χ4n) is 1.62. The molecule has 0 rings (SSSR count). The summed E-state index contributed by atoms with van der Waals surface area (Å²) in [6.07, 6.45) is 10.8. The molecular weight excluding hydrogens is 252 g/mol. The number of rotatable bonds is 10. The van der Waals surface area contributed by atoms with E-state index in [2.05, 4.69) is 12.2 Å². The lowest BCUT2D eigenvalue weighted by molar-refractivity contribution is -0.153. The Balaban J connectivity index is 3.35. The van der Waals surface area contributed by atoms with Crippen LogP contribution in [0, 0.1) is 11.3 Å². The van der Waals surface area contributed by atoms with E-state index < -0.39 is 5.41 Å². The van der Waals surface area contributed by atoms with Gasteiger partial charge in [-0.1, -0.05) is 31.9 Å². The summed E-state index contributed by atoms with van der Waals surface area (Å²) in [5.74, 6) is 0.252. The van der Waals surface area contributed by atoms with E-state index in [0.29, 0.717) is 12.5 Å². The molecule has 3 heteroatoms. The van der Waals surface area contributed by atoms with Crippen LogP contribution in [0.2, 0.25) is 0 Å². The number of unbranched alkanes of at least 4 members (excludes halogenated alkanes) is 4. The SMILES string of the molecule is C[C@H](CO)C/C=C/CCCCCCOC(=O)C(C)(C)C. The zero-order valence-electron chi connectivity index (χ0n) is 13.7. The molecule has 0 saturated heterocycles. The van der Waals surface area contributed by atoms with Crippen molar-refractivity contribution >= 4 is 5.97 Å². The number of esters is 1. The Bertz CT molecular complexity index is 276. The maximum atomic E-state index is 11.5. The van der Waals surface area contributed by atoms with Gasteiger partial charge in [0.15, 0.2) is 0 Å². The molecular formula is C17H32O3. The van der Waals surface area contributed by atoms with Crippen molar-refractivity contribution in [1.82, 2.24) is 0 Å². The summed E-state index contributed by atoms with van der Waals surface area (Å²) in [4.78, 5) is 11.5. The number of hydrogen-bond acceptors (Lipinski definition) is 3. The van der Waals surface area contributed by atoms with Crippen molar-refractivity contribution < 1.29 is 14.6 Å². The van der Waals surface area contributed by atoms with Crippen LogP contribution in [0.5, 0.6) is 0 Å². The number of carbonyl (C=O) groups is 1. The van der Waals surface area contributed by atoms with Crippen molar-refractivity contribution in [3.8, 4) is 0 Å². The molecule has 0 aliphatic carbocycles. The summed E-state index contributed by atoms with van der Waals surface area (Å²) >= 11 is 0. The molecule has 0 aromatic rings. The number of aliphatic hydroxyl groups is 1. The van der Waals surface area contributed by atoms with Gasteiger partial charge in [0.2, 0.25) is 0 Å². The molecule has 0 heterocycles. The third-order valence-corrected chi connectivity index (χ3v) is 3.13. The Hall–Kier alpha value is -0.830. The monoisotopic (exact) mass is 284 g/mol. The van der Waals surface area contributed by atoms with Crippen LogP contribution in [0.15, 0.2) is 12.2 Å². The van der Waals surface area contributed by atoms with Gasteiger partial charge in [-0.05, 0) is 52.4 Å². The minimum Gasteiger partial charge on any atom is -0.465 e. The second-order valence-electron chi connectivity index (χ2n) is 6.58. The van der Waals surface area contributed by atoms with Crippen molar-refractivity contribution in [3.05, 3.63) is 12.2 Å². The van der Waals surface area contributed by atoms with Crippen molar-refractivity contribution in [2.45, 2.75) is 66.2 Å². The number of ether oxygens (including phenoxy) is 1. The quantitative estimate of drug-likeness (QED) is 0.373. The molecule has 0 spiro atoms. The number of allylic oxidation sites excluding steroid dienone is 2. The summed E-state index contributed by atoms with van der Waals surface area (Å²) in [6, 6.07) is 0. The summed E-state index contributed by atoms with van der Waals surface area (Å²) in [5.41, 5.74) is -0.392. The molecule has 0 saturated carbocycles. The molecule has 0 aromatic heterocycles. The van der Waals surface area contributed by atoms with Gasteiger partial charge in [-0.3, -0.25) is 4.79 Å². The van der Waals surface area contributed by atoms with Crippen LogP contribution < -0.4 is 0 Å². The normalized spacial score (nSPS) is 13.7. The van der Waals surface area contributed by atoms with Crippen molar-refractivity contribution in [1.29, 1.82) is 0 Å². The minimum atomic E-state index is -0.392. The molecule has 0 aliphatic heterocycles. The van der Waals surface area contributed by atoms with Gasteiger partial charge in [0.1, 0.15) is 0 Å². The largest absolute Gasteiger partial charge is 0.465 e. The predicted octanol–water partition coefficient (Wildman–Crippen LogP) is 4.10. The van der Waals surface area contributed by atoms with Gasteiger partial charge < -0.3 is 9.84 Å². The predicted molar refractivity (Wildman–Crippen MR) is 83.5 cm³/mol. The molecule has 0 bridgehead atoms. The summed E-state index contributed by atoms with van der Waals surface area (Å²) in [5, 5.41) is 8.88. The van der Waals surface area contributed by atoms with Crippen LogP contribution in [0.1, 0.15) is 66.2 Å². The first kappa shape index (κ1) is 19.2. The Labute approximate surface area is 124 Å². The van der Waals surface area contributed by atoms with Crippen LogP contribution in [0.25, 0.3) is 0 Å². The first-order valence-corrected chi connectivity index (χ1v) is 7.81. The molecule has 0 fully saturated rings. The van der Waals surface area contributed by atoms with Crippen LogP contribution in [-0.2, 0) is 9.53 Å². The first-order chi connectivity index (χ1) is 9.38. The smallest absolute Gasteiger partial charge is 0.311 e. The van der Waals surface area contributed by atoms with E-state index >= 15 is 0 Å². The number of carbonyl (C=O) groups excluding carboxylic acids is 1. The molecule has 0 amide bonds. The Morgan fingerprint density at radius 1 is 1.15 bits per heavy atom. The standard InChI is InChI=1S/C17H32O3/c1-15(14-18)12-10-8-6-5-7-9-11-13-20-16(19)17(2,3)4/h8,10,15,18H,5-7,9,11-14H2,1-4H3/b10-8+/t15-/m0/s1. The van der Waals surface area contributed by atoms with Gasteiger partial charge in [0.25, 0.3) is 0 Å². The fraction of sp³-hybridized carbons (Fsp3) is 0.824. The molecule has 0 radical (unpaired) electrons. The number of hydrogen-bond donors (Lipinski definition) is 1. The van der Waals surface area contributed by atoms with Gasteiger partial charge in [-0.15, -0.1) is 0 Å².